The van der Waals surface area contributed by atoms with Crippen LogP contribution >= 0.6 is 0 Å². The van der Waals surface area contributed by atoms with Crippen molar-refractivity contribution in [3.05, 3.63) is 53.6 Å². The van der Waals surface area contributed by atoms with Crippen molar-refractivity contribution < 1.29 is 14.3 Å². The van der Waals surface area contributed by atoms with Crippen LogP contribution in [-0.4, -0.2) is 25.5 Å². The molecule has 1 atom stereocenters. The first-order valence-corrected chi connectivity index (χ1v) is 8.30. The minimum absolute atomic E-state index is 0.0140. The van der Waals surface area contributed by atoms with E-state index >= 15 is 0 Å². The fraction of sp³-hybridized carbons (Fsp3) is 0.300. The van der Waals surface area contributed by atoms with Gasteiger partial charge in [0.25, 0.3) is 0 Å². The number of nitrogens with zero attached hydrogens (tertiary/aromatic N) is 1. The Kier molecular flexibility index (Phi) is 4.74. The van der Waals surface area contributed by atoms with Gasteiger partial charge in [0.2, 0.25) is 11.8 Å². The fourth-order valence-electron chi connectivity index (χ4n) is 3.16. The molecule has 2 amide bonds. The van der Waals surface area contributed by atoms with E-state index in [9.17, 15) is 9.59 Å². The molecular formula is C20H22N2O3. The van der Waals surface area contributed by atoms with Crippen LogP contribution in [0.3, 0.4) is 0 Å². The number of aryl methyl sites for hydroxylation is 2. The van der Waals surface area contributed by atoms with Crippen molar-refractivity contribution in [1.29, 1.82) is 0 Å². The Morgan fingerprint density at radius 3 is 2.36 bits per heavy atom. The number of amides is 2. The Morgan fingerprint density at radius 2 is 1.76 bits per heavy atom. The molecule has 1 unspecified atom stereocenters. The Morgan fingerprint density at radius 1 is 1.12 bits per heavy atom. The van der Waals surface area contributed by atoms with Crippen molar-refractivity contribution in [1.82, 2.24) is 0 Å². The lowest BCUT2D eigenvalue weighted by atomic mass is 10.1. The molecule has 130 valence electrons. The van der Waals surface area contributed by atoms with E-state index in [-0.39, 0.29) is 24.2 Å². The van der Waals surface area contributed by atoms with Crippen molar-refractivity contribution in [2.75, 3.05) is 23.9 Å². The van der Waals surface area contributed by atoms with E-state index in [1.165, 1.54) is 0 Å². The first kappa shape index (κ1) is 17.0. The monoisotopic (exact) mass is 338 g/mol. The van der Waals surface area contributed by atoms with Crippen LogP contribution in [0, 0.1) is 19.8 Å². The summed E-state index contributed by atoms with van der Waals surface area (Å²) in [6.45, 7) is 4.42. The summed E-state index contributed by atoms with van der Waals surface area (Å²) in [5.41, 5.74) is 3.77. The van der Waals surface area contributed by atoms with Gasteiger partial charge in [0.05, 0.1) is 13.0 Å². The summed E-state index contributed by atoms with van der Waals surface area (Å²) in [6, 6.07) is 13.2. The average Bonchev–Trinajstić information content (AvgIpc) is 2.97. The number of benzene rings is 2. The normalized spacial score (nSPS) is 16.8. The minimum atomic E-state index is -0.351. The molecule has 0 spiro atoms. The lowest BCUT2D eigenvalue weighted by Gasteiger charge is -2.18. The molecular weight excluding hydrogens is 316 g/mol. The van der Waals surface area contributed by atoms with Crippen molar-refractivity contribution >= 4 is 23.2 Å². The van der Waals surface area contributed by atoms with Gasteiger partial charge in [-0.3, -0.25) is 9.59 Å². The molecule has 0 aromatic heterocycles. The zero-order valence-corrected chi connectivity index (χ0v) is 14.7. The smallest absolute Gasteiger partial charge is 0.229 e. The molecule has 0 saturated carbocycles. The number of nitrogens with one attached hydrogen (secondary N) is 1. The number of hydrogen-bond donors (Lipinski definition) is 1. The highest BCUT2D eigenvalue weighted by Gasteiger charge is 2.35. The van der Waals surface area contributed by atoms with Gasteiger partial charge >= 0.3 is 0 Å². The maximum absolute atomic E-state index is 12.5. The number of carbonyl (C=O) groups excluding carboxylic acids is 2. The quantitative estimate of drug-likeness (QED) is 0.930. The van der Waals surface area contributed by atoms with Gasteiger partial charge in [-0.1, -0.05) is 6.07 Å². The van der Waals surface area contributed by atoms with Gasteiger partial charge in [-0.05, 0) is 61.4 Å². The molecule has 1 heterocycles. The molecule has 2 aromatic carbocycles. The number of hydrogen-bond acceptors (Lipinski definition) is 3. The summed E-state index contributed by atoms with van der Waals surface area (Å²) < 4.78 is 5.11. The predicted molar refractivity (Wildman–Crippen MR) is 98.0 cm³/mol. The van der Waals surface area contributed by atoms with Crippen molar-refractivity contribution in [2.45, 2.75) is 20.3 Å². The molecule has 1 aliphatic heterocycles. The Labute approximate surface area is 147 Å². The zero-order valence-electron chi connectivity index (χ0n) is 14.7. The lowest BCUT2D eigenvalue weighted by Crippen LogP contribution is -2.28. The van der Waals surface area contributed by atoms with Gasteiger partial charge in [0, 0.05) is 24.3 Å². The number of carbonyl (C=O) groups is 2. The van der Waals surface area contributed by atoms with Crippen LogP contribution in [0.15, 0.2) is 42.5 Å². The van der Waals surface area contributed by atoms with E-state index in [1.54, 1.807) is 36.3 Å². The Balaban J connectivity index is 1.69. The van der Waals surface area contributed by atoms with Crippen LogP contribution in [0.1, 0.15) is 17.5 Å². The van der Waals surface area contributed by atoms with Crippen LogP contribution in [0.4, 0.5) is 11.4 Å². The summed E-state index contributed by atoms with van der Waals surface area (Å²) >= 11 is 0. The largest absolute Gasteiger partial charge is 0.497 e. The third kappa shape index (κ3) is 3.82. The molecule has 5 nitrogen and oxygen atoms in total. The van der Waals surface area contributed by atoms with Gasteiger partial charge in [0.1, 0.15) is 5.75 Å². The van der Waals surface area contributed by atoms with Crippen LogP contribution < -0.4 is 15.0 Å². The van der Waals surface area contributed by atoms with Crippen LogP contribution in [0.2, 0.25) is 0 Å². The molecule has 0 bridgehead atoms. The SMILES string of the molecule is COc1ccc(NC(=O)C2CC(=O)N(c3cc(C)cc(C)c3)C2)cc1. The highest BCUT2D eigenvalue weighted by Crippen LogP contribution is 2.28. The lowest BCUT2D eigenvalue weighted by molar-refractivity contribution is -0.122. The molecule has 0 radical (unpaired) electrons. The number of methoxy groups -OCH3 is 1. The molecule has 1 N–H and O–H groups in total. The van der Waals surface area contributed by atoms with Crippen LogP contribution in [-0.2, 0) is 9.59 Å². The van der Waals surface area contributed by atoms with Gasteiger partial charge in [0.15, 0.2) is 0 Å². The van der Waals surface area contributed by atoms with Gasteiger partial charge < -0.3 is 15.0 Å². The second kappa shape index (κ2) is 6.97. The highest BCUT2D eigenvalue weighted by molar-refractivity contribution is 6.03. The van der Waals surface area contributed by atoms with Crippen LogP contribution in [0.25, 0.3) is 0 Å². The summed E-state index contributed by atoms with van der Waals surface area (Å²) in [5, 5.41) is 2.88. The third-order valence-electron chi connectivity index (χ3n) is 4.37. The zero-order chi connectivity index (χ0) is 18.0. The summed E-state index contributed by atoms with van der Waals surface area (Å²) in [7, 11) is 1.60. The van der Waals surface area contributed by atoms with Crippen LogP contribution in [0.5, 0.6) is 5.75 Å². The summed E-state index contributed by atoms with van der Waals surface area (Å²) in [4.78, 5) is 26.6. The van der Waals surface area contributed by atoms with E-state index in [0.717, 1.165) is 22.6 Å². The van der Waals surface area contributed by atoms with Gasteiger partial charge in [-0.2, -0.15) is 0 Å². The summed E-state index contributed by atoms with van der Waals surface area (Å²) in [6.07, 6.45) is 0.231. The van der Waals surface area contributed by atoms with E-state index in [2.05, 4.69) is 11.4 Å². The topological polar surface area (TPSA) is 58.6 Å². The molecule has 1 saturated heterocycles. The highest BCUT2D eigenvalue weighted by atomic mass is 16.5. The average molecular weight is 338 g/mol. The molecule has 2 aromatic rings. The molecule has 0 aliphatic carbocycles. The molecule has 3 rings (SSSR count). The Bertz CT molecular complexity index is 779. The first-order chi connectivity index (χ1) is 12.0. The Hall–Kier alpha value is -2.82. The number of ether oxygens (including phenoxy) is 1. The van der Waals surface area contributed by atoms with E-state index < -0.39 is 0 Å². The van der Waals surface area contributed by atoms with E-state index in [0.29, 0.717) is 12.2 Å². The maximum atomic E-state index is 12.5. The molecule has 5 heteroatoms. The number of rotatable bonds is 4. The van der Waals surface area contributed by atoms with E-state index in [1.807, 2.05) is 26.0 Å². The van der Waals surface area contributed by atoms with Crippen molar-refractivity contribution in [3.8, 4) is 5.75 Å². The minimum Gasteiger partial charge on any atom is -0.497 e. The fourth-order valence-corrected chi connectivity index (χ4v) is 3.16. The standard InChI is InChI=1S/C20H22N2O3/c1-13-8-14(2)10-17(9-13)22-12-15(11-19(22)23)20(24)21-16-4-6-18(25-3)7-5-16/h4-10,15H,11-12H2,1-3H3,(H,21,24). The van der Waals surface area contributed by atoms with Gasteiger partial charge in [-0.15, -0.1) is 0 Å². The molecule has 1 fully saturated rings. The van der Waals surface area contributed by atoms with Gasteiger partial charge in [-0.25, -0.2) is 0 Å². The maximum Gasteiger partial charge on any atom is 0.229 e. The second-order valence-corrected chi connectivity index (χ2v) is 6.47. The predicted octanol–water partition coefficient (Wildman–Crippen LogP) is 3.30. The first-order valence-electron chi connectivity index (χ1n) is 8.30. The van der Waals surface area contributed by atoms with E-state index in [4.69, 9.17) is 4.74 Å². The third-order valence-corrected chi connectivity index (χ3v) is 4.37. The van der Waals surface area contributed by atoms with Crippen molar-refractivity contribution in [3.63, 3.8) is 0 Å². The van der Waals surface area contributed by atoms with Crippen molar-refractivity contribution in [2.24, 2.45) is 5.92 Å². The summed E-state index contributed by atoms with van der Waals surface area (Å²) in [5.74, 6) is 0.232. The molecule has 25 heavy (non-hydrogen) atoms. The second-order valence-electron chi connectivity index (χ2n) is 6.47. The number of anilines is 2. The molecule has 1 aliphatic rings.